The molecule has 0 radical (unpaired) electrons. The fraction of sp³-hybridized carbons (Fsp3) is 0.750. The minimum atomic E-state index is -0.164. The Morgan fingerprint density at radius 3 is 2.81 bits per heavy atom. The molecule has 1 unspecified atom stereocenters. The third-order valence-corrected chi connectivity index (χ3v) is 2.19. The van der Waals surface area contributed by atoms with Gasteiger partial charge >= 0.3 is 0 Å². The summed E-state index contributed by atoms with van der Waals surface area (Å²) in [7, 11) is 0. The lowest BCUT2D eigenvalue weighted by Crippen LogP contribution is -2.45. The lowest BCUT2D eigenvalue weighted by Gasteiger charge is -2.22. The predicted octanol–water partition coefficient (Wildman–Crippen LogP) is 1.18. The summed E-state index contributed by atoms with van der Waals surface area (Å²) in [6, 6.07) is 0. The maximum Gasteiger partial charge on any atom is 0.234 e. The maximum atomic E-state index is 11.5. The number of allylic oxidation sites excluding steroid dienone is 1. The van der Waals surface area contributed by atoms with E-state index in [1.54, 1.807) is 6.26 Å². The van der Waals surface area contributed by atoms with E-state index in [2.05, 4.69) is 10.6 Å². The fourth-order valence-electron chi connectivity index (χ4n) is 1.54. The maximum absolute atomic E-state index is 11.5. The molecule has 0 spiro atoms. The smallest absolute Gasteiger partial charge is 0.234 e. The van der Waals surface area contributed by atoms with Crippen molar-refractivity contribution in [1.82, 2.24) is 10.6 Å². The lowest BCUT2D eigenvalue weighted by atomic mass is 10.1. The molecule has 1 heterocycles. The molecule has 2 N–H and O–H groups in total. The van der Waals surface area contributed by atoms with Crippen LogP contribution in [-0.4, -0.2) is 30.6 Å². The van der Waals surface area contributed by atoms with Crippen molar-refractivity contribution in [3.05, 3.63) is 12.3 Å². The second-order valence-electron chi connectivity index (χ2n) is 5.14. The van der Waals surface area contributed by atoms with Gasteiger partial charge in [-0.1, -0.05) is 0 Å². The van der Waals surface area contributed by atoms with Crippen LogP contribution < -0.4 is 10.6 Å². The van der Waals surface area contributed by atoms with Crippen LogP contribution in [0.2, 0.25) is 0 Å². The van der Waals surface area contributed by atoms with Crippen molar-refractivity contribution >= 4 is 5.91 Å². The number of ether oxygens (including phenoxy) is 1. The van der Waals surface area contributed by atoms with E-state index in [9.17, 15) is 4.79 Å². The number of hydrogen-bond acceptors (Lipinski definition) is 3. The van der Waals surface area contributed by atoms with E-state index in [-0.39, 0.29) is 17.6 Å². The van der Waals surface area contributed by atoms with E-state index in [1.165, 1.54) is 0 Å². The van der Waals surface area contributed by atoms with Gasteiger partial charge in [0.25, 0.3) is 0 Å². The van der Waals surface area contributed by atoms with Crippen molar-refractivity contribution in [2.45, 2.75) is 45.3 Å². The van der Waals surface area contributed by atoms with E-state index in [0.717, 1.165) is 19.4 Å². The van der Waals surface area contributed by atoms with Crippen LogP contribution in [0.4, 0.5) is 0 Å². The highest BCUT2D eigenvalue weighted by molar-refractivity contribution is 5.78. The van der Waals surface area contributed by atoms with E-state index >= 15 is 0 Å². The van der Waals surface area contributed by atoms with Crippen molar-refractivity contribution in [3.63, 3.8) is 0 Å². The minimum absolute atomic E-state index is 0.0267. The number of carbonyl (C=O) groups excluding carboxylic acids is 1. The molecule has 0 aromatic carbocycles. The minimum Gasteiger partial charge on any atom is -0.497 e. The van der Waals surface area contributed by atoms with Crippen LogP contribution in [0.1, 0.15) is 33.6 Å². The first kappa shape index (κ1) is 13.0. The topological polar surface area (TPSA) is 50.4 Å². The van der Waals surface area contributed by atoms with Crippen LogP contribution in [0.15, 0.2) is 12.3 Å². The van der Waals surface area contributed by atoms with Crippen LogP contribution in [-0.2, 0) is 9.53 Å². The summed E-state index contributed by atoms with van der Waals surface area (Å²) in [6.45, 7) is 6.99. The van der Waals surface area contributed by atoms with Crippen LogP contribution in [0.5, 0.6) is 0 Å². The monoisotopic (exact) mass is 226 g/mol. The second kappa shape index (κ2) is 5.89. The zero-order chi connectivity index (χ0) is 12.0. The number of nitrogens with one attached hydrogen (secondary N) is 2. The van der Waals surface area contributed by atoms with Gasteiger partial charge < -0.3 is 15.4 Å². The highest BCUT2D eigenvalue weighted by Gasteiger charge is 2.14. The fourth-order valence-corrected chi connectivity index (χ4v) is 1.54. The molecular weight excluding hydrogens is 204 g/mol. The summed E-state index contributed by atoms with van der Waals surface area (Å²) in [5, 5.41) is 6.01. The first-order valence-electron chi connectivity index (χ1n) is 5.79. The molecule has 1 atom stereocenters. The molecule has 0 saturated carbocycles. The first-order valence-corrected chi connectivity index (χ1v) is 5.79. The average Bonchev–Trinajstić information content (AvgIpc) is 2.16. The Labute approximate surface area is 97.4 Å². The molecule has 0 aromatic rings. The summed E-state index contributed by atoms with van der Waals surface area (Å²) in [6.07, 6.45) is 6.03. The largest absolute Gasteiger partial charge is 0.497 e. The number of hydrogen-bond donors (Lipinski definition) is 2. The Balaban J connectivity index is 2.10. The van der Waals surface area contributed by atoms with Gasteiger partial charge in [0.1, 0.15) is 6.10 Å². The molecule has 4 heteroatoms. The van der Waals surface area contributed by atoms with E-state index < -0.39 is 0 Å². The molecule has 0 fully saturated rings. The Morgan fingerprint density at radius 1 is 1.50 bits per heavy atom. The molecule has 0 saturated heterocycles. The molecule has 0 aliphatic carbocycles. The summed E-state index contributed by atoms with van der Waals surface area (Å²) in [5.41, 5.74) is -0.164. The van der Waals surface area contributed by atoms with Gasteiger partial charge in [0.15, 0.2) is 0 Å². The molecule has 1 aliphatic rings. The van der Waals surface area contributed by atoms with E-state index in [4.69, 9.17) is 4.74 Å². The SMILES string of the molecule is CC(C)(C)NC(=O)CNCC1CCC=CO1. The molecule has 92 valence electrons. The van der Waals surface area contributed by atoms with Gasteiger partial charge in [-0.15, -0.1) is 0 Å². The van der Waals surface area contributed by atoms with Crippen molar-refractivity contribution in [2.75, 3.05) is 13.1 Å². The molecule has 0 aromatic heterocycles. The first-order chi connectivity index (χ1) is 7.47. The van der Waals surface area contributed by atoms with Gasteiger partial charge in [-0.05, 0) is 39.7 Å². The van der Waals surface area contributed by atoms with Gasteiger partial charge in [-0.3, -0.25) is 4.79 Å². The number of carbonyl (C=O) groups is 1. The molecule has 16 heavy (non-hydrogen) atoms. The Hall–Kier alpha value is -1.03. The van der Waals surface area contributed by atoms with Crippen molar-refractivity contribution in [1.29, 1.82) is 0 Å². The third-order valence-electron chi connectivity index (χ3n) is 2.19. The van der Waals surface area contributed by atoms with Gasteiger partial charge in [0, 0.05) is 12.1 Å². The highest BCUT2D eigenvalue weighted by atomic mass is 16.5. The van der Waals surface area contributed by atoms with E-state index in [0.29, 0.717) is 6.54 Å². The summed E-state index contributed by atoms with van der Waals surface area (Å²) in [4.78, 5) is 11.5. The number of rotatable bonds is 4. The lowest BCUT2D eigenvalue weighted by molar-refractivity contribution is -0.121. The third kappa shape index (κ3) is 5.75. The highest BCUT2D eigenvalue weighted by Crippen LogP contribution is 2.08. The van der Waals surface area contributed by atoms with Gasteiger partial charge in [-0.25, -0.2) is 0 Å². The molecule has 1 rings (SSSR count). The Bertz CT molecular complexity index is 256. The zero-order valence-corrected chi connectivity index (χ0v) is 10.4. The van der Waals surface area contributed by atoms with Gasteiger partial charge in [-0.2, -0.15) is 0 Å². The second-order valence-corrected chi connectivity index (χ2v) is 5.14. The predicted molar refractivity (Wildman–Crippen MR) is 64.0 cm³/mol. The number of amides is 1. The molecular formula is C12H22N2O2. The molecule has 1 aliphatic heterocycles. The summed E-state index contributed by atoms with van der Waals surface area (Å²) in [5.74, 6) is 0.0267. The normalized spacial score (nSPS) is 20.3. The van der Waals surface area contributed by atoms with Crippen molar-refractivity contribution in [2.24, 2.45) is 0 Å². The van der Waals surface area contributed by atoms with Crippen LogP contribution in [0.3, 0.4) is 0 Å². The van der Waals surface area contributed by atoms with Crippen LogP contribution in [0.25, 0.3) is 0 Å². The van der Waals surface area contributed by atoms with Gasteiger partial charge in [0.05, 0.1) is 12.8 Å². The Kier molecular flexibility index (Phi) is 4.80. The quantitative estimate of drug-likeness (QED) is 0.757. The molecule has 0 bridgehead atoms. The standard InChI is InChI=1S/C12H22N2O2/c1-12(2,3)14-11(15)9-13-8-10-6-4-5-7-16-10/h5,7,10,13H,4,6,8-9H2,1-3H3,(H,14,15). The Morgan fingerprint density at radius 2 is 2.25 bits per heavy atom. The van der Waals surface area contributed by atoms with Gasteiger partial charge in [0.2, 0.25) is 5.91 Å². The van der Waals surface area contributed by atoms with Crippen LogP contribution in [0, 0.1) is 0 Å². The summed E-state index contributed by atoms with van der Waals surface area (Å²) < 4.78 is 5.39. The molecule has 1 amide bonds. The van der Waals surface area contributed by atoms with E-state index in [1.807, 2.05) is 26.8 Å². The van der Waals surface area contributed by atoms with Crippen LogP contribution >= 0.6 is 0 Å². The zero-order valence-electron chi connectivity index (χ0n) is 10.4. The molecule has 4 nitrogen and oxygen atoms in total. The van der Waals surface area contributed by atoms with Crippen molar-refractivity contribution in [3.8, 4) is 0 Å². The van der Waals surface area contributed by atoms with Crippen molar-refractivity contribution < 1.29 is 9.53 Å². The average molecular weight is 226 g/mol. The summed E-state index contributed by atoms with van der Waals surface area (Å²) >= 11 is 0.